The first-order valence-electron chi connectivity index (χ1n) is 6.86. The SMILES string of the molecule is Cn1c(=O)[nH]c(=O)c2[nH]c(C3C4CCCCC43)nc21. The van der Waals surface area contributed by atoms with Crippen LogP contribution in [0.3, 0.4) is 0 Å². The van der Waals surface area contributed by atoms with E-state index in [4.69, 9.17) is 0 Å². The smallest absolute Gasteiger partial charge is 0.329 e. The van der Waals surface area contributed by atoms with Gasteiger partial charge in [0.2, 0.25) is 0 Å². The van der Waals surface area contributed by atoms with Crippen LogP contribution >= 0.6 is 0 Å². The van der Waals surface area contributed by atoms with Gasteiger partial charge in [-0.1, -0.05) is 12.8 Å². The molecule has 100 valence electrons. The van der Waals surface area contributed by atoms with Crippen molar-refractivity contribution in [3.8, 4) is 0 Å². The molecule has 0 saturated heterocycles. The minimum Gasteiger partial charge on any atom is -0.336 e. The van der Waals surface area contributed by atoms with Crippen LogP contribution in [-0.4, -0.2) is 19.5 Å². The molecule has 0 spiro atoms. The quantitative estimate of drug-likeness (QED) is 0.797. The fourth-order valence-corrected chi connectivity index (χ4v) is 3.68. The molecule has 0 amide bonds. The number of aromatic amines is 2. The van der Waals surface area contributed by atoms with Crippen LogP contribution in [0.4, 0.5) is 0 Å². The molecule has 0 aromatic carbocycles. The van der Waals surface area contributed by atoms with Gasteiger partial charge >= 0.3 is 5.69 Å². The van der Waals surface area contributed by atoms with Gasteiger partial charge in [0.25, 0.3) is 5.56 Å². The molecule has 4 rings (SSSR count). The number of nitrogens with one attached hydrogen (secondary N) is 2. The van der Waals surface area contributed by atoms with Crippen molar-refractivity contribution in [1.29, 1.82) is 0 Å². The van der Waals surface area contributed by atoms with Crippen LogP contribution in [0.5, 0.6) is 0 Å². The second-order valence-corrected chi connectivity index (χ2v) is 5.78. The summed E-state index contributed by atoms with van der Waals surface area (Å²) in [5, 5.41) is 0. The normalized spacial score (nSPS) is 29.4. The average Bonchev–Trinajstić information content (AvgIpc) is 2.96. The van der Waals surface area contributed by atoms with Crippen LogP contribution in [0.1, 0.15) is 37.4 Å². The molecule has 6 nitrogen and oxygen atoms in total. The highest BCUT2D eigenvalue weighted by atomic mass is 16.2. The lowest BCUT2D eigenvalue weighted by Crippen LogP contribution is -2.28. The second kappa shape index (κ2) is 3.59. The van der Waals surface area contributed by atoms with Crippen molar-refractivity contribution >= 4 is 11.2 Å². The lowest BCUT2D eigenvalue weighted by atomic mass is 10.0. The molecule has 2 aromatic heterocycles. The van der Waals surface area contributed by atoms with E-state index in [-0.39, 0.29) is 5.56 Å². The molecule has 2 aromatic rings. The van der Waals surface area contributed by atoms with E-state index >= 15 is 0 Å². The minimum absolute atomic E-state index is 0.375. The van der Waals surface area contributed by atoms with Crippen molar-refractivity contribution in [1.82, 2.24) is 19.5 Å². The molecule has 6 heteroatoms. The van der Waals surface area contributed by atoms with Crippen LogP contribution in [0.25, 0.3) is 11.2 Å². The van der Waals surface area contributed by atoms with Gasteiger partial charge in [0.1, 0.15) is 11.3 Å². The lowest BCUT2D eigenvalue weighted by molar-refractivity contribution is 0.480. The summed E-state index contributed by atoms with van der Waals surface area (Å²) >= 11 is 0. The Labute approximate surface area is 108 Å². The van der Waals surface area contributed by atoms with Crippen molar-refractivity contribution in [2.75, 3.05) is 0 Å². The molecule has 2 aliphatic carbocycles. The van der Waals surface area contributed by atoms with E-state index in [9.17, 15) is 9.59 Å². The predicted octanol–water partition coefficient (Wildman–Crippen LogP) is 0.853. The largest absolute Gasteiger partial charge is 0.336 e. The maximum absolute atomic E-state index is 11.8. The topological polar surface area (TPSA) is 83.5 Å². The van der Waals surface area contributed by atoms with E-state index in [1.165, 1.54) is 30.3 Å². The molecule has 2 heterocycles. The number of aromatic nitrogens is 4. The maximum Gasteiger partial charge on any atom is 0.329 e. The molecule has 2 unspecified atom stereocenters. The van der Waals surface area contributed by atoms with E-state index in [0.29, 0.717) is 17.1 Å². The number of aryl methyl sites for hydroxylation is 1. The predicted molar refractivity (Wildman–Crippen MR) is 70.1 cm³/mol. The van der Waals surface area contributed by atoms with Crippen LogP contribution in [0.15, 0.2) is 9.59 Å². The zero-order chi connectivity index (χ0) is 13.1. The maximum atomic E-state index is 11.8. The van der Waals surface area contributed by atoms with Crippen molar-refractivity contribution in [2.45, 2.75) is 31.6 Å². The summed E-state index contributed by atoms with van der Waals surface area (Å²) in [6, 6.07) is 0. The molecule has 0 bridgehead atoms. The van der Waals surface area contributed by atoms with Crippen molar-refractivity contribution in [3.05, 3.63) is 26.7 Å². The number of nitrogens with zero attached hydrogens (tertiary/aromatic N) is 2. The molecule has 0 radical (unpaired) electrons. The Balaban J connectivity index is 1.85. The third kappa shape index (κ3) is 1.45. The van der Waals surface area contributed by atoms with Gasteiger partial charge in [-0.3, -0.25) is 14.3 Å². The Morgan fingerprint density at radius 1 is 1.16 bits per heavy atom. The first-order valence-corrected chi connectivity index (χ1v) is 6.86. The third-order valence-electron chi connectivity index (χ3n) is 4.75. The molecule has 2 fully saturated rings. The first kappa shape index (κ1) is 11.0. The zero-order valence-corrected chi connectivity index (χ0v) is 10.8. The van der Waals surface area contributed by atoms with Gasteiger partial charge in [0.15, 0.2) is 5.65 Å². The number of imidazole rings is 1. The Morgan fingerprint density at radius 3 is 2.53 bits per heavy atom. The van der Waals surface area contributed by atoms with E-state index in [1.807, 2.05) is 0 Å². The Morgan fingerprint density at radius 2 is 1.84 bits per heavy atom. The standard InChI is InChI=1S/C13H16N4O2/c1-17-11-9(12(18)16-13(17)19)14-10(15-11)8-6-4-2-3-5-7(6)8/h6-8H,2-5H2,1H3,(H,14,15)(H,16,18,19). The third-order valence-corrected chi connectivity index (χ3v) is 4.75. The molecule has 19 heavy (non-hydrogen) atoms. The highest BCUT2D eigenvalue weighted by Crippen LogP contribution is 2.60. The van der Waals surface area contributed by atoms with Gasteiger partial charge in [-0.2, -0.15) is 0 Å². The number of fused-ring (bicyclic) bond motifs is 2. The molecule has 2 aliphatic rings. The summed E-state index contributed by atoms with van der Waals surface area (Å²) in [4.78, 5) is 33.3. The summed E-state index contributed by atoms with van der Waals surface area (Å²) < 4.78 is 1.39. The van der Waals surface area contributed by atoms with Gasteiger partial charge in [0, 0.05) is 13.0 Å². The highest BCUT2D eigenvalue weighted by Gasteiger charge is 2.52. The van der Waals surface area contributed by atoms with Crippen molar-refractivity contribution in [3.63, 3.8) is 0 Å². The fraction of sp³-hybridized carbons (Fsp3) is 0.615. The van der Waals surface area contributed by atoms with Crippen LogP contribution < -0.4 is 11.2 Å². The van der Waals surface area contributed by atoms with E-state index in [2.05, 4.69) is 15.0 Å². The zero-order valence-electron chi connectivity index (χ0n) is 10.8. The van der Waals surface area contributed by atoms with Gasteiger partial charge in [-0.25, -0.2) is 9.78 Å². The van der Waals surface area contributed by atoms with Crippen molar-refractivity contribution < 1.29 is 0 Å². The molecule has 2 atom stereocenters. The van der Waals surface area contributed by atoms with Crippen LogP contribution in [-0.2, 0) is 7.05 Å². The van der Waals surface area contributed by atoms with E-state index in [0.717, 1.165) is 17.7 Å². The van der Waals surface area contributed by atoms with Crippen molar-refractivity contribution in [2.24, 2.45) is 18.9 Å². The summed E-state index contributed by atoms with van der Waals surface area (Å²) in [5.41, 5.74) is 0.0948. The summed E-state index contributed by atoms with van der Waals surface area (Å²) in [6.07, 6.45) is 5.14. The second-order valence-electron chi connectivity index (χ2n) is 5.78. The minimum atomic E-state index is -0.413. The van der Waals surface area contributed by atoms with Gasteiger partial charge < -0.3 is 4.98 Å². The fourth-order valence-electron chi connectivity index (χ4n) is 3.68. The molecular formula is C13H16N4O2. The van der Waals surface area contributed by atoms with Gasteiger partial charge in [-0.05, 0) is 24.7 Å². The number of H-pyrrole nitrogens is 2. The van der Waals surface area contributed by atoms with Gasteiger partial charge in [0.05, 0.1) is 0 Å². The Hall–Kier alpha value is -1.85. The first-order chi connectivity index (χ1) is 9.16. The summed E-state index contributed by atoms with van der Waals surface area (Å²) in [7, 11) is 1.63. The number of hydrogen-bond donors (Lipinski definition) is 2. The molecule has 2 saturated carbocycles. The van der Waals surface area contributed by atoms with Crippen LogP contribution in [0.2, 0.25) is 0 Å². The van der Waals surface area contributed by atoms with E-state index in [1.54, 1.807) is 7.05 Å². The average molecular weight is 260 g/mol. The molecular weight excluding hydrogens is 244 g/mol. The molecule has 2 N–H and O–H groups in total. The molecule has 0 aliphatic heterocycles. The number of hydrogen-bond acceptors (Lipinski definition) is 3. The summed E-state index contributed by atoms with van der Waals surface area (Å²) in [6.45, 7) is 0. The summed E-state index contributed by atoms with van der Waals surface area (Å²) in [5.74, 6) is 2.80. The monoisotopic (exact) mass is 260 g/mol. The van der Waals surface area contributed by atoms with E-state index < -0.39 is 5.69 Å². The highest BCUT2D eigenvalue weighted by molar-refractivity contribution is 5.69. The lowest BCUT2D eigenvalue weighted by Gasteiger charge is -2.04. The number of rotatable bonds is 1. The Kier molecular flexibility index (Phi) is 2.08. The van der Waals surface area contributed by atoms with Crippen LogP contribution in [0, 0.1) is 11.8 Å². The Bertz CT molecular complexity index is 757. The van der Waals surface area contributed by atoms with Gasteiger partial charge in [-0.15, -0.1) is 0 Å².